The van der Waals surface area contributed by atoms with Gasteiger partial charge in [0.15, 0.2) is 15.7 Å². The molecule has 3 aliphatic heterocycles. The van der Waals surface area contributed by atoms with Gasteiger partial charge in [0.1, 0.15) is 5.65 Å². The van der Waals surface area contributed by atoms with Crippen molar-refractivity contribution in [3.63, 3.8) is 0 Å². The second kappa shape index (κ2) is 9.22. The number of rotatable bonds is 6. The first-order chi connectivity index (χ1) is 18.8. The van der Waals surface area contributed by atoms with Crippen molar-refractivity contribution >= 4 is 44.0 Å². The number of nitrogens with zero attached hydrogens (tertiary/aromatic N) is 5. The zero-order valence-corrected chi connectivity index (χ0v) is 22.7. The standard InChI is InChI=1S/C28H31N7O3S/c1-33-16-22-14-21(33)17-34(22)20-12-19(13-23(15-20)39(2,36)37)30-28-31-26-24(8-10-29-26)27(32-28)35-25(9-11-38-35)18-6-4-3-5-7-18/h3-8,10,12-13,15,21-22,25H,9,11,14,16-17H2,1-2H3,(H2,29,30,31,32)/t21-,22+,25-/m0/s1. The molecule has 3 saturated heterocycles. The van der Waals surface area contributed by atoms with Gasteiger partial charge in [-0.3, -0.25) is 9.74 Å². The summed E-state index contributed by atoms with van der Waals surface area (Å²) >= 11 is 0. The lowest BCUT2D eigenvalue weighted by Crippen LogP contribution is -2.44. The SMILES string of the molecule is CN1C[C@H]2C[C@H]1CN2c1cc(Nc2nc(N3OCC[C@H]3c3ccccc3)c3cc[nH]c3n2)cc(S(C)(=O)=O)c1. The largest absolute Gasteiger partial charge is 0.366 e. The zero-order chi connectivity index (χ0) is 26.7. The Morgan fingerprint density at radius 1 is 1.05 bits per heavy atom. The van der Waals surface area contributed by atoms with Crippen molar-refractivity contribution in [2.24, 2.45) is 0 Å². The van der Waals surface area contributed by atoms with Crippen LogP contribution in [0.1, 0.15) is 24.4 Å². The smallest absolute Gasteiger partial charge is 0.231 e. The molecule has 2 aromatic carbocycles. The number of H-pyrrole nitrogens is 1. The number of likely N-dealkylation sites (tertiary alicyclic amines) is 1. The Hall–Kier alpha value is -3.67. The van der Waals surface area contributed by atoms with Crippen LogP contribution in [0.2, 0.25) is 0 Å². The molecule has 7 rings (SSSR count). The van der Waals surface area contributed by atoms with Crippen LogP contribution in [-0.4, -0.2) is 73.4 Å². The maximum absolute atomic E-state index is 12.6. The molecule has 2 aromatic heterocycles. The number of nitrogens with one attached hydrogen (secondary N) is 2. The highest BCUT2D eigenvalue weighted by molar-refractivity contribution is 7.90. The summed E-state index contributed by atoms with van der Waals surface area (Å²) in [5.41, 5.74) is 3.35. The lowest BCUT2D eigenvalue weighted by atomic mass is 10.0. The summed E-state index contributed by atoms with van der Waals surface area (Å²) in [7, 11) is -1.28. The minimum absolute atomic E-state index is 0.0240. The summed E-state index contributed by atoms with van der Waals surface area (Å²) in [6, 6.07) is 18.5. The van der Waals surface area contributed by atoms with Crippen molar-refractivity contribution in [2.75, 3.05) is 48.3 Å². The van der Waals surface area contributed by atoms with E-state index in [-0.39, 0.29) is 10.9 Å². The number of anilines is 4. The van der Waals surface area contributed by atoms with E-state index in [1.807, 2.05) is 41.6 Å². The first-order valence-electron chi connectivity index (χ1n) is 13.2. The number of hydroxylamine groups is 1. The van der Waals surface area contributed by atoms with Crippen LogP contribution < -0.4 is 15.3 Å². The quantitative estimate of drug-likeness (QED) is 0.373. The molecule has 11 heteroatoms. The Kier molecular flexibility index (Phi) is 5.76. The maximum Gasteiger partial charge on any atom is 0.231 e. The highest BCUT2D eigenvalue weighted by Gasteiger charge is 2.41. The first kappa shape index (κ1) is 24.4. The van der Waals surface area contributed by atoms with Crippen molar-refractivity contribution in [1.82, 2.24) is 19.9 Å². The number of likely N-dealkylation sites (N-methyl/N-ethyl adjacent to an activating group) is 1. The van der Waals surface area contributed by atoms with E-state index in [1.165, 1.54) is 6.26 Å². The summed E-state index contributed by atoms with van der Waals surface area (Å²) in [5.74, 6) is 1.02. The summed E-state index contributed by atoms with van der Waals surface area (Å²) in [6.07, 6.45) is 5.02. The van der Waals surface area contributed by atoms with Crippen molar-refractivity contribution in [2.45, 2.75) is 35.9 Å². The fourth-order valence-corrected chi connectivity index (χ4v) is 6.83. The van der Waals surface area contributed by atoms with Crippen molar-refractivity contribution in [3.05, 3.63) is 66.4 Å². The monoisotopic (exact) mass is 545 g/mol. The number of fused-ring (bicyclic) bond motifs is 3. The molecule has 2 N–H and O–H groups in total. The predicted molar refractivity (Wildman–Crippen MR) is 151 cm³/mol. The number of sulfone groups is 1. The van der Waals surface area contributed by atoms with Crippen LogP contribution in [0.4, 0.5) is 23.1 Å². The van der Waals surface area contributed by atoms with Crippen LogP contribution in [-0.2, 0) is 14.7 Å². The fraction of sp³-hybridized carbons (Fsp3) is 0.357. The third-order valence-corrected chi connectivity index (χ3v) is 9.21. The molecule has 0 amide bonds. The minimum Gasteiger partial charge on any atom is -0.366 e. The van der Waals surface area contributed by atoms with Crippen molar-refractivity contribution in [1.29, 1.82) is 0 Å². The lowest BCUT2D eigenvalue weighted by molar-refractivity contribution is 0.157. The average molecular weight is 546 g/mol. The van der Waals surface area contributed by atoms with Gasteiger partial charge in [-0.2, -0.15) is 9.97 Å². The van der Waals surface area contributed by atoms with Crippen LogP contribution >= 0.6 is 0 Å². The van der Waals surface area contributed by atoms with E-state index in [2.05, 4.69) is 39.3 Å². The molecular formula is C28H31N7O3S. The Morgan fingerprint density at radius 2 is 1.90 bits per heavy atom. The minimum atomic E-state index is -3.43. The molecule has 10 nitrogen and oxygen atoms in total. The van der Waals surface area contributed by atoms with Crippen LogP contribution in [0.5, 0.6) is 0 Å². The fourth-order valence-electron chi connectivity index (χ4n) is 6.15. The predicted octanol–water partition coefficient (Wildman–Crippen LogP) is 3.88. The Morgan fingerprint density at radius 3 is 2.64 bits per heavy atom. The first-order valence-corrected chi connectivity index (χ1v) is 15.1. The van der Waals surface area contributed by atoms with Gasteiger partial charge >= 0.3 is 0 Å². The van der Waals surface area contributed by atoms with E-state index in [0.29, 0.717) is 41.8 Å². The van der Waals surface area contributed by atoms with E-state index in [1.54, 1.807) is 12.1 Å². The molecule has 3 atom stereocenters. The van der Waals surface area contributed by atoms with Crippen LogP contribution in [0.3, 0.4) is 0 Å². The molecule has 0 unspecified atom stereocenters. The molecule has 0 radical (unpaired) electrons. The van der Waals surface area contributed by atoms with Crippen LogP contribution in [0, 0.1) is 0 Å². The topological polar surface area (TPSA) is 107 Å². The van der Waals surface area contributed by atoms with Gasteiger partial charge in [-0.25, -0.2) is 13.5 Å². The number of hydrogen-bond donors (Lipinski definition) is 2. The lowest BCUT2D eigenvalue weighted by Gasteiger charge is -2.34. The zero-order valence-electron chi connectivity index (χ0n) is 21.9. The second-order valence-electron chi connectivity index (χ2n) is 10.7. The summed E-state index contributed by atoms with van der Waals surface area (Å²) in [5, 5.41) is 6.03. The molecule has 3 aliphatic rings. The van der Waals surface area contributed by atoms with E-state index in [4.69, 9.17) is 14.8 Å². The highest BCUT2D eigenvalue weighted by atomic mass is 32.2. The highest BCUT2D eigenvalue weighted by Crippen LogP contribution is 2.39. The molecular weight excluding hydrogens is 514 g/mol. The van der Waals surface area contributed by atoms with E-state index in [9.17, 15) is 8.42 Å². The van der Waals surface area contributed by atoms with Gasteiger partial charge in [0.25, 0.3) is 0 Å². The summed E-state index contributed by atoms with van der Waals surface area (Å²) < 4.78 is 25.3. The van der Waals surface area contributed by atoms with Gasteiger partial charge < -0.3 is 15.2 Å². The molecule has 5 heterocycles. The average Bonchev–Trinajstić information content (AvgIpc) is 3.72. The molecule has 0 aliphatic carbocycles. The summed E-state index contributed by atoms with van der Waals surface area (Å²) in [4.78, 5) is 23.8. The molecule has 39 heavy (non-hydrogen) atoms. The second-order valence-corrected chi connectivity index (χ2v) is 12.7. The van der Waals surface area contributed by atoms with E-state index in [0.717, 1.165) is 42.6 Å². The number of piperazine rings is 1. The van der Waals surface area contributed by atoms with Gasteiger partial charge in [-0.05, 0) is 43.3 Å². The number of benzene rings is 2. The molecule has 2 bridgehead atoms. The Labute approximate surface area is 227 Å². The van der Waals surface area contributed by atoms with Gasteiger partial charge in [0, 0.05) is 55.4 Å². The summed E-state index contributed by atoms with van der Waals surface area (Å²) in [6.45, 7) is 2.45. The van der Waals surface area contributed by atoms with E-state index >= 15 is 0 Å². The molecule has 0 spiro atoms. The van der Waals surface area contributed by atoms with Gasteiger partial charge in [-0.15, -0.1) is 0 Å². The van der Waals surface area contributed by atoms with Crippen LogP contribution in [0.25, 0.3) is 11.0 Å². The van der Waals surface area contributed by atoms with Gasteiger partial charge in [-0.1, -0.05) is 30.3 Å². The number of hydrogen-bond acceptors (Lipinski definition) is 9. The molecule has 4 aromatic rings. The van der Waals surface area contributed by atoms with Crippen LogP contribution in [0.15, 0.2) is 65.7 Å². The van der Waals surface area contributed by atoms with Gasteiger partial charge in [0.05, 0.1) is 22.9 Å². The van der Waals surface area contributed by atoms with E-state index < -0.39 is 9.84 Å². The third kappa shape index (κ3) is 4.40. The molecule has 0 saturated carbocycles. The number of aromatic nitrogens is 3. The normalized spacial score (nSPS) is 23.3. The molecule has 202 valence electrons. The Balaban J connectivity index is 1.26. The molecule has 3 fully saturated rings. The van der Waals surface area contributed by atoms with Crippen molar-refractivity contribution < 1.29 is 13.3 Å². The Bertz CT molecular complexity index is 1640. The number of aromatic amines is 1. The third-order valence-electron chi connectivity index (χ3n) is 8.12. The van der Waals surface area contributed by atoms with Gasteiger partial charge in [0.2, 0.25) is 5.95 Å². The maximum atomic E-state index is 12.6. The van der Waals surface area contributed by atoms with Crippen molar-refractivity contribution in [3.8, 4) is 0 Å².